The molecule has 1 amide bonds. The molecular weight excluding hydrogens is 226 g/mol. The van der Waals surface area contributed by atoms with E-state index in [2.05, 4.69) is 22.6 Å². The summed E-state index contributed by atoms with van der Waals surface area (Å²) in [4.78, 5) is 13.8. The van der Waals surface area contributed by atoms with E-state index in [0.717, 1.165) is 19.0 Å². The molecule has 4 heteroatoms. The molecule has 1 aliphatic heterocycles. The molecule has 0 radical (unpaired) electrons. The number of carbonyl (C=O) groups excluding carboxylic acids is 1. The Balaban J connectivity index is 1.42. The Bertz CT molecular complexity index is 258. The zero-order chi connectivity index (χ0) is 12.8. The van der Waals surface area contributed by atoms with Crippen LogP contribution in [0, 0.1) is 5.92 Å². The number of piperidine rings is 1. The predicted molar refractivity (Wildman–Crippen MR) is 73.5 cm³/mol. The number of hydrogen-bond acceptors (Lipinski definition) is 3. The van der Waals surface area contributed by atoms with Crippen molar-refractivity contribution >= 4 is 5.91 Å². The third kappa shape index (κ3) is 5.36. The Morgan fingerprint density at radius 2 is 1.89 bits per heavy atom. The lowest BCUT2D eigenvalue weighted by atomic mass is 9.94. The molecule has 2 rings (SSSR count). The van der Waals surface area contributed by atoms with Gasteiger partial charge in [0.1, 0.15) is 0 Å². The van der Waals surface area contributed by atoms with Crippen LogP contribution in [0.25, 0.3) is 0 Å². The fourth-order valence-corrected chi connectivity index (χ4v) is 2.51. The zero-order valence-electron chi connectivity index (χ0n) is 11.6. The highest BCUT2D eigenvalue weighted by atomic mass is 16.1. The standard InChI is InChI=1S/C14H27N3O/c1-17-10-6-12(7-11-17)4-8-15-9-5-14(18)16-13-2-3-13/h12-13,15H,2-11H2,1H3,(H,16,18). The van der Waals surface area contributed by atoms with Crippen LogP contribution in [0.1, 0.15) is 38.5 Å². The summed E-state index contributed by atoms with van der Waals surface area (Å²) in [5.74, 6) is 1.10. The molecule has 2 N–H and O–H groups in total. The van der Waals surface area contributed by atoms with Crippen LogP contribution < -0.4 is 10.6 Å². The number of hydrogen-bond donors (Lipinski definition) is 2. The first-order valence-electron chi connectivity index (χ1n) is 7.42. The van der Waals surface area contributed by atoms with Gasteiger partial charge in [-0.05, 0) is 64.7 Å². The SMILES string of the molecule is CN1CCC(CCNCCC(=O)NC2CC2)CC1. The molecule has 1 heterocycles. The van der Waals surface area contributed by atoms with Crippen LogP contribution in [-0.4, -0.2) is 50.1 Å². The molecule has 0 aromatic heterocycles. The van der Waals surface area contributed by atoms with Crippen LogP contribution in [0.4, 0.5) is 0 Å². The van der Waals surface area contributed by atoms with Crippen molar-refractivity contribution in [2.24, 2.45) is 5.92 Å². The predicted octanol–water partition coefficient (Wildman–Crippen LogP) is 0.977. The van der Waals surface area contributed by atoms with Gasteiger partial charge >= 0.3 is 0 Å². The first kappa shape index (κ1) is 13.8. The van der Waals surface area contributed by atoms with Gasteiger partial charge in [0.15, 0.2) is 0 Å². The Hall–Kier alpha value is -0.610. The van der Waals surface area contributed by atoms with Crippen LogP contribution in [-0.2, 0) is 4.79 Å². The maximum atomic E-state index is 11.4. The van der Waals surface area contributed by atoms with E-state index < -0.39 is 0 Å². The van der Waals surface area contributed by atoms with Gasteiger partial charge in [-0.15, -0.1) is 0 Å². The fourth-order valence-electron chi connectivity index (χ4n) is 2.51. The molecule has 1 aliphatic carbocycles. The van der Waals surface area contributed by atoms with Crippen LogP contribution in [0.5, 0.6) is 0 Å². The van der Waals surface area contributed by atoms with Gasteiger partial charge in [-0.25, -0.2) is 0 Å². The molecular formula is C14H27N3O. The number of nitrogens with one attached hydrogen (secondary N) is 2. The maximum Gasteiger partial charge on any atom is 0.221 e. The first-order chi connectivity index (χ1) is 8.74. The molecule has 4 nitrogen and oxygen atoms in total. The van der Waals surface area contributed by atoms with Gasteiger partial charge in [-0.2, -0.15) is 0 Å². The second kappa shape index (κ2) is 7.10. The van der Waals surface area contributed by atoms with E-state index in [9.17, 15) is 4.79 Å². The van der Waals surface area contributed by atoms with Crippen LogP contribution in [0.15, 0.2) is 0 Å². The van der Waals surface area contributed by atoms with Crippen molar-refractivity contribution in [3.05, 3.63) is 0 Å². The average Bonchev–Trinajstić information content (AvgIpc) is 3.15. The molecule has 0 atom stereocenters. The van der Waals surface area contributed by atoms with E-state index >= 15 is 0 Å². The minimum atomic E-state index is 0.212. The molecule has 0 aromatic carbocycles. The van der Waals surface area contributed by atoms with Crippen molar-refractivity contribution in [1.29, 1.82) is 0 Å². The van der Waals surface area contributed by atoms with Crippen LogP contribution >= 0.6 is 0 Å². The van der Waals surface area contributed by atoms with Crippen LogP contribution in [0.2, 0.25) is 0 Å². The number of nitrogens with zero attached hydrogens (tertiary/aromatic N) is 1. The summed E-state index contributed by atoms with van der Waals surface area (Å²) in [5, 5.41) is 6.41. The van der Waals surface area contributed by atoms with Crippen molar-refractivity contribution in [2.75, 3.05) is 33.2 Å². The van der Waals surface area contributed by atoms with E-state index in [4.69, 9.17) is 0 Å². The van der Waals surface area contributed by atoms with Gasteiger partial charge in [0, 0.05) is 19.0 Å². The molecule has 1 saturated heterocycles. The molecule has 2 aliphatic rings. The van der Waals surface area contributed by atoms with Gasteiger partial charge in [0.2, 0.25) is 5.91 Å². The van der Waals surface area contributed by atoms with Crippen molar-refractivity contribution in [1.82, 2.24) is 15.5 Å². The molecule has 104 valence electrons. The normalized spacial score (nSPS) is 22.1. The zero-order valence-corrected chi connectivity index (χ0v) is 11.6. The Kier molecular flexibility index (Phi) is 5.45. The van der Waals surface area contributed by atoms with E-state index in [0.29, 0.717) is 12.5 Å². The Morgan fingerprint density at radius 1 is 1.17 bits per heavy atom. The largest absolute Gasteiger partial charge is 0.353 e. The monoisotopic (exact) mass is 253 g/mol. The first-order valence-corrected chi connectivity index (χ1v) is 7.42. The smallest absolute Gasteiger partial charge is 0.221 e. The molecule has 2 fully saturated rings. The highest BCUT2D eigenvalue weighted by Crippen LogP contribution is 2.19. The number of rotatable bonds is 7. The van der Waals surface area contributed by atoms with Gasteiger partial charge in [0.25, 0.3) is 0 Å². The molecule has 0 aromatic rings. The quantitative estimate of drug-likeness (QED) is 0.665. The maximum absolute atomic E-state index is 11.4. The summed E-state index contributed by atoms with van der Waals surface area (Å²) >= 11 is 0. The van der Waals surface area contributed by atoms with Crippen molar-refractivity contribution < 1.29 is 4.79 Å². The van der Waals surface area contributed by atoms with Crippen LogP contribution in [0.3, 0.4) is 0 Å². The lowest BCUT2D eigenvalue weighted by Crippen LogP contribution is -2.32. The average molecular weight is 253 g/mol. The Labute approximate surface area is 110 Å². The second-order valence-electron chi connectivity index (χ2n) is 5.88. The minimum absolute atomic E-state index is 0.212. The van der Waals surface area contributed by atoms with Crippen molar-refractivity contribution in [2.45, 2.75) is 44.6 Å². The van der Waals surface area contributed by atoms with E-state index in [1.807, 2.05) is 0 Å². The number of carbonyl (C=O) groups is 1. The van der Waals surface area contributed by atoms with E-state index in [-0.39, 0.29) is 5.91 Å². The summed E-state index contributed by atoms with van der Waals surface area (Å²) in [7, 11) is 2.20. The summed E-state index contributed by atoms with van der Waals surface area (Å²) in [6.45, 7) is 4.37. The van der Waals surface area contributed by atoms with E-state index in [1.165, 1.54) is 45.2 Å². The summed E-state index contributed by atoms with van der Waals surface area (Å²) in [6, 6.07) is 0.497. The second-order valence-corrected chi connectivity index (χ2v) is 5.88. The summed E-state index contributed by atoms with van der Waals surface area (Å²) in [5.41, 5.74) is 0. The Morgan fingerprint density at radius 3 is 2.56 bits per heavy atom. The molecule has 0 unspecified atom stereocenters. The third-order valence-electron chi connectivity index (χ3n) is 4.04. The molecule has 0 bridgehead atoms. The minimum Gasteiger partial charge on any atom is -0.353 e. The highest BCUT2D eigenvalue weighted by molar-refractivity contribution is 5.76. The van der Waals surface area contributed by atoms with E-state index in [1.54, 1.807) is 0 Å². The highest BCUT2D eigenvalue weighted by Gasteiger charge is 2.22. The lowest BCUT2D eigenvalue weighted by Gasteiger charge is -2.28. The van der Waals surface area contributed by atoms with Crippen molar-refractivity contribution in [3.63, 3.8) is 0 Å². The van der Waals surface area contributed by atoms with Gasteiger partial charge in [-0.3, -0.25) is 4.79 Å². The lowest BCUT2D eigenvalue weighted by molar-refractivity contribution is -0.121. The molecule has 0 spiro atoms. The molecule has 18 heavy (non-hydrogen) atoms. The van der Waals surface area contributed by atoms with Gasteiger partial charge in [0.05, 0.1) is 0 Å². The number of likely N-dealkylation sites (tertiary alicyclic amines) is 1. The third-order valence-corrected chi connectivity index (χ3v) is 4.04. The van der Waals surface area contributed by atoms with Crippen molar-refractivity contribution in [3.8, 4) is 0 Å². The fraction of sp³-hybridized carbons (Fsp3) is 0.929. The van der Waals surface area contributed by atoms with Gasteiger partial charge in [-0.1, -0.05) is 0 Å². The topological polar surface area (TPSA) is 44.4 Å². The molecule has 1 saturated carbocycles. The summed E-state index contributed by atoms with van der Waals surface area (Å²) in [6.07, 6.45) is 6.91. The number of amides is 1. The summed E-state index contributed by atoms with van der Waals surface area (Å²) < 4.78 is 0. The van der Waals surface area contributed by atoms with Gasteiger partial charge < -0.3 is 15.5 Å².